The molecule has 0 rings (SSSR count). The van der Waals surface area contributed by atoms with E-state index >= 15 is 0 Å². The molecule has 0 aliphatic heterocycles. The molecule has 1 atom stereocenters. The van der Waals surface area contributed by atoms with Crippen LogP contribution in [0.1, 0.15) is 0 Å². The van der Waals surface area contributed by atoms with E-state index in [-0.39, 0.29) is 0 Å². The van der Waals surface area contributed by atoms with Crippen LogP contribution in [0.25, 0.3) is 0 Å². The summed E-state index contributed by atoms with van der Waals surface area (Å²) in [5, 5.41) is 0. The van der Waals surface area contributed by atoms with E-state index in [1.54, 1.807) is 0 Å². The summed E-state index contributed by atoms with van der Waals surface area (Å²) < 4.78 is 0.361. The number of nitrogens with two attached hydrogens (primary N) is 3. The van der Waals surface area contributed by atoms with Gasteiger partial charge in [0.1, 0.15) is 0 Å². The third-order valence-electron chi connectivity index (χ3n) is 1.42. The number of rotatable bonds is 6. The Morgan fingerprint density at radius 2 is 1.55 bits per heavy atom. The Hall–Kier alpha value is 0.570. The predicted octanol–water partition coefficient (Wildman–Crippen LogP) is -1.07. The van der Waals surface area contributed by atoms with Crippen LogP contribution in [0.4, 0.5) is 0 Å². The highest BCUT2D eigenvalue weighted by molar-refractivity contribution is 14.1. The summed E-state index contributed by atoms with van der Waals surface area (Å²) in [4.78, 5) is 2.19. The van der Waals surface area contributed by atoms with Crippen molar-refractivity contribution in [1.29, 1.82) is 0 Å². The molecule has 0 saturated carbocycles. The maximum absolute atomic E-state index is 5.50. The Kier molecular flexibility index (Phi) is 7.61. The summed E-state index contributed by atoms with van der Waals surface area (Å²) in [7, 11) is 0. The van der Waals surface area contributed by atoms with Crippen molar-refractivity contribution in [2.45, 2.75) is 4.05 Å². The first-order valence-electron chi connectivity index (χ1n) is 3.74. The number of alkyl halides is 1. The molecule has 0 spiro atoms. The number of hydrogen-bond acceptors (Lipinski definition) is 4. The van der Waals surface area contributed by atoms with E-state index in [1.807, 2.05) is 0 Å². The summed E-state index contributed by atoms with van der Waals surface area (Å²) in [6.45, 7) is 3.74. The molecule has 68 valence electrons. The summed E-state index contributed by atoms with van der Waals surface area (Å²) in [6, 6.07) is 0. The van der Waals surface area contributed by atoms with Gasteiger partial charge in [-0.1, -0.05) is 22.6 Å². The molecule has 0 heterocycles. The van der Waals surface area contributed by atoms with Crippen LogP contribution in [0.5, 0.6) is 0 Å². The van der Waals surface area contributed by atoms with Crippen LogP contribution in [-0.2, 0) is 0 Å². The van der Waals surface area contributed by atoms with Crippen molar-refractivity contribution < 1.29 is 0 Å². The minimum Gasteiger partial charge on any atom is -0.329 e. The molecule has 0 radical (unpaired) electrons. The number of halogens is 1. The van der Waals surface area contributed by atoms with Gasteiger partial charge in [0, 0.05) is 32.7 Å². The van der Waals surface area contributed by atoms with Gasteiger partial charge in [0.05, 0.1) is 4.05 Å². The fraction of sp³-hybridized carbons (Fsp3) is 1.00. The zero-order valence-corrected chi connectivity index (χ0v) is 8.83. The first-order chi connectivity index (χ1) is 5.26. The Morgan fingerprint density at radius 3 is 1.82 bits per heavy atom. The van der Waals surface area contributed by atoms with Gasteiger partial charge in [-0.2, -0.15) is 0 Å². The van der Waals surface area contributed by atoms with E-state index in [1.165, 1.54) is 0 Å². The minimum atomic E-state index is 0.361. The van der Waals surface area contributed by atoms with Gasteiger partial charge in [0.25, 0.3) is 0 Å². The lowest BCUT2D eigenvalue weighted by Crippen LogP contribution is -2.42. The SMILES string of the molecule is NCCN(CCN)C(I)CN. The smallest absolute Gasteiger partial charge is 0.0743 e. The largest absolute Gasteiger partial charge is 0.329 e. The van der Waals surface area contributed by atoms with Crippen molar-refractivity contribution in [3.8, 4) is 0 Å². The minimum absolute atomic E-state index is 0.361. The van der Waals surface area contributed by atoms with Gasteiger partial charge >= 0.3 is 0 Å². The highest BCUT2D eigenvalue weighted by atomic mass is 127. The average Bonchev–Trinajstić information content (AvgIpc) is 2.03. The van der Waals surface area contributed by atoms with E-state index in [0.717, 1.165) is 13.1 Å². The van der Waals surface area contributed by atoms with E-state index in [0.29, 0.717) is 23.7 Å². The molecular formula is C6H17IN4. The third kappa shape index (κ3) is 4.91. The Balaban J connectivity index is 3.66. The monoisotopic (exact) mass is 272 g/mol. The summed E-state index contributed by atoms with van der Waals surface area (Å²) in [6.07, 6.45) is 0. The molecule has 0 bridgehead atoms. The quantitative estimate of drug-likeness (QED) is 0.326. The second kappa shape index (κ2) is 7.23. The van der Waals surface area contributed by atoms with Crippen molar-refractivity contribution in [3.63, 3.8) is 0 Å². The van der Waals surface area contributed by atoms with Crippen LogP contribution >= 0.6 is 22.6 Å². The highest BCUT2D eigenvalue weighted by Crippen LogP contribution is 2.04. The molecule has 0 amide bonds. The van der Waals surface area contributed by atoms with Gasteiger partial charge in [-0.15, -0.1) is 0 Å². The van der Waals surface area contributed by atoms with Crippen molar-refractivity contribution in [2.24, 2.45) is 17.2 Å². The number of hydrogen-bond donors (Lipinski definition) is 3. The van der Waals surface area contributed by atoms with Crippen molar-refractivity contribution >= 4 is 22.6 Å². The van der Waals surface area contributed by atoms with Gasteiger partial charge in [-0.25, -0.2) is 0 Å². The van der Waals surface area contributed by atoms with Gasteiger partial charge in [0.2, 0.25) is 0 Å². The van der Waals surface area contributed by atoms with Crippen LogP contribution < -0.4 is 17.2 Å². The molecule has 11 heavy (non-hydrogen) atoms. The van der Waals surface area contributed by atoms with Crippen molar-refractivity contribution in [2.75, 3.05) is 32.7 Å². The zero-order chi connectivity index (χ0) is 8.69. The molecule has 0 aliphatic carbocycles. The molecule has 0 aromatic heterocycles. The molecular weight excluding hydrogens is 255 g/mol. The second-order valence-corrected chi connectivity index (χ2v) is 3.72. The zero-order valence-electron chi connectivity index (χ0n) is 6.67. The molecule has 0 fully saturated rings. The molecule has 4 nitrogen and oxygen atoms in total. The van der Waals surface area contributed by atoms with Crippen molar-refractivity contribution in [3.05, 3.63) is 0 Å². The van der Waals surface area contributed by atoms with E-state index in [9.17, 15) is 0 Å². The Morgan fingerprint density at radius 1 is 1.09 bits per heavy atom. The molecule has 0 aliphatic rings. The molecule has 1 unspecified atom stereocenters. The highest BCUT2D eigenvalue weighted by Gasteiger charge is 2.10. The topological polar surface area (TPSA) is 81.3 Å². The van der Waals surface area contributed by atoms with Crippen LogP contribution in [-0.4, -0.2) is 41.7 Å². The van der Waals surface area contributed by atoms with Crippen LogP contribution in [0.2, 0.25) is 0 Å². The molecule has 0 aromatic rings. The van der Waals surface area contributed by atoms with E-state index < -0.39 is 0 Å². The van der Waals surface area contributed by atoms with Gasteiger partial charge in [-0.05, 0) is 0 Å². The second-order valence-electron chi connectivity index (χ2n) is 2.28. The fourth-order valence-corrected chi connectivity index (χ4v) is 1.43. The predicted molar refractivity (Wildman–Crippen MR) is 56.5 cm³/mol. The maximum Gasteiger partial charge on any atom is 0.0743 e. The van der Waals surface area contributed by atoms with Gasteiger partial charge < -0.3 is 17.2 Å². The Labute approximate surface area is 81.6 Å². The van der Waals surface area contributed by atoms with E-state index in [2.05, 4.69) is 27.5 Å². The molecule has 0 saturated heterocycles. The van der Waals surface area contributed by atoms with Crippen LogP contribution in [0.3, 0.4) is 0 Å². The van der Waals surface area contributed by atoms with Crippen LogP contribution in [0, 0.1) is 0 Å². The number of nitrogens with zero attached hydrogens (tertiary/aromatic N) is 1. The molecule has 6 N–H and O–H groups in total. The normalized spacial score (nSPS) is 13.9. The average molecular weight is 272 g/mol. The lowest BCUT2D eigenvalue weighted by molar-refractivity contribution is 0.284. The van der Waals surface area contributed by atoms with Gasteiger partial charge in [0.15, 0.2) is 0 Å². The lowest BCUT2D eigenvalue weighted by atomic mass is 10.4. The summed E-state index contributed by atoms with van der Waals surface area (Å²) >= 11 is 2.30. The van der Waals surface area contributed by atoms with Crippen molar-refractivity contribution in [1.82, 2.24) is 4.90 Å². The van der Waals surface area contributed by atoms with Gasteiger partial charge in [-0.3, -0.25) is 4.90 Å². The standard InChI is InChI=1S/C6H17IN4/c7-6(5-10)11(3-1-8)4-2-9/h6H,1-5,8-10H2. The molecule has 0 aromatic carbocycles. The summed E-state index contributed by atoms with van der Waals surface area (Å²) in [5.41, 5.74) is 16.4. The lowest BCUT2D eigenvalue weighted by Gasteiger charge is -2.25. The fourth-order valence-electron chi connectivity index (χ4n) is 0.873. The first kappa shape index (κ1) is 11.6. The van der Waals surface area contributed by atoms with Crippen LogP contribution in [0.15, 0.2) is 0 Å². The maximum atomic E-state index is 5.50. The third-order valence-corrected chi connectivity index (χ3v) is 2.72. The first-order valence-corrected chi connectivity index (χ1v) is 4.99. The summed E-state index contributed by atoms with van der Waals surface area (Å²) in [5.74, 6) is 0. The van der Waals surface area contributed by atoms with E-state index in [4.69, 9.17) is 17.2 Å². The Bertz CT molecular complexity index is 84.7. The molecule has 5 heteroatoms.